The number of carboxylic acid groups (broad SMARTS) is 1. The van der Waals surface area contributed by atoms with Gasteiger partial charge < -0.3 is 14.9 Å². The van der Waals surface area contributed by atoms with Crippen LogP contribution in [0.15, 0.2) is 91.0 Å². The summed E-state index contributed by atoms with van der Waals surface area (Å²) < 4.78 is 0. The molecule has 3 aromatic carbocycles. The third-order valence-electron chi connectivity index (χ3n) is 8.71. The van der Waals surface area contributed by atoms with Crippen LogP contribution in [0.2, 0.25) is 0 Å². The number of carbonyl (C=O) groups excluding carboxylic acids is 2. The molecule has 2 aliphatic rings. The number of piperidine rings is 1. The van der Waals surface area contributed by atoms with E-state index in [1.807, 2.05) is 73.3 Å². The van der Waals surface area contributed by atoms with Gasteiger partial charge in [0.05, 0.1) is 5.54 Å². The third kappa shape index (κ3) is 5.38. The molecule has 2 unspecified atom stereocenters. The van der Waals surface area contributed by atoms with Crippen LogP contribution in [0.5, 0.6) is 0 Å². The van der Waals surface area contributed by atoms with E-state index < -0.39 is 17.6 Å². The van der Waals surface area contributed by atoms with Crippen LogP contribution >= 0.6 is 0 Å². The number of carbonyl (C=O) groups is 3. The molecule has 0 saturated carbocycles. The van der Waals surface area contributed by atoms with E-state index in [9.17, 15) is 19.5 Å². The number of hydrogen-bond acceptors (Lipinski definition) is 4. The summed E-state index contributed by atoms with van der Waals surface area (Å²) >= 11 is 0. The molecular weight excluding hydrogens is 514 g/mol. The number of amides is 2. The van der Waals surface area contributed by atoms with Crippen LogP contribution in [-0.4, -0.2) is 76.4 Å². The van der Waals surface area contributed by atoms with Gasteiger partial charge in [0.2, 0.25) is 11.8 Å². The summed E-state index contributed by atoms with van der Waals surface area (Å²) in [5.74, 6) is -1.53. The predicted molar refractivity (Wildman–Crippen MR) is 158 cm³/mol. The molecule has 2 fully saturated rings. The minimum Gasteiger partial charge on any atom is -0.480 e. The molecule has 0 spiro atoms. The van der Waals surface area contributed by atoms with Gasteiger partial charge >= 0.3 is 5.97 Å². The molecule has 2 amide bonds. The molecule has 0 aliphatic carbocycles. The van der Waals surface area contributed by atoms with Crippen molar-refractivity contribution in [3.63, 3.8) is 0 Å². The standard InChI is InChI=1S/C34H39N3O4/c1-24(2)30(33(40)41)35(3)31(38)25-19-21-36(22-20-25)32(39)29-23-37(29)34(26-13-7-4-8-14-26,27-15-9-5-10-16-27)28-17-11-6-12-18-28/h4-18,24-25,29-30H,19-23H2,1-3H3,(H,40,41)/t29?,30?,37-/m0/s1. The van der Waals surface area contributed by atoms with Crippen LogP contribution in [0.1, 0.15) is 43.4 Å². The zero-order valence-corrected chi connectivity index (χ0v) is 24.0. The van der Waals surface area contributed by atoms with Gasteiger partial charge in [-0.05, 0) is 35.4 Å². The van der Waals surface area contributed by atoms with Crippen molar-refractivity contribution < 1.29 is 19.5 Å². The van der Waals surface area contributed by atoms with E-state index >= 15 is 0 Å². The Labute approximate surface area is 242 Å². The quantitative estimate of drug-likeness (QED) is 0.313. The van der Waals surface area contributed by atoms with Crippen molar-refractivity contribution in [3.8, 4) is 0 Å². The van der Waals surface area contributed by atoms with Crippen molar-refractivity contribution in [2.24, 2.45) is 11.8 Å². The second-order valence-electron chi connectivity index (χ2n) is 11.6. The Morgan fingerprint density at radius 3 is 1.63 bits per heavy atom. The lowest BCUT2D eigenvalue weighted by Gasteiger charge is -2.39. The summed E-state index contributed by atoms with van der Waals surface area (Å²) in [6, 6.07) is 30.0. The van der Waals surface area contributed by atoms with E-state index in [-0.39, 0.29) is 29.7 Å². The molecule has 214 valence electrons. The van der Waals surface area contributed by atoms with Gasteiger partial charge in [0.15, 0.2) is 0 Å². The van der Waals surface area contributed by atoms with Crippen molar-refractivity contribution in [1.82, 2.24) is 14.7 Å². The summed E-state index contributed by atoms with van der Waals surface area (Å²) in [5, 5.41) is 9.63. The summed E-state index contributed by atoms with van der Waals surface area (Å²) in [7, 11) is 1.58. The number of likely N-dealkylation sites (N-methyl/N-ethyl adjacent to an activating group) is 1. The molecule has 0 bridgehead atoms. The fraction of sp³-hybridized carbons (Fsp3) is 0.382. The molecule has 5 rings (SSSR count). The smallest absolute Gasteiger partial charge is 0.326 e. The molecule has 0 aromatic heterocycles. The van der Waals surface area contributed by atoms with Crippen LogP contribution in [0.4, 0.5) is 0 Å². The second-order valence-corrected chi connectivity index (χ2v) is 11.6. The number of carboxylic acids is 1. The van der Waals surface area contributed by atoms with Crippen molar-refractivity contribution in [1.29, 1.82) is 0 Å². The largest absolute Gasteiger partial charge is 0.480 e. The molecule has 2 saturated heterocycles. The molecule has 41 heavy (non-hydrogen) atoms. The normalized spacial score (nSPS) is 20.0. The van der Waals surface area contributed by atoms with Crippen LogP contribution in [0.3, 0.4) is 0 Å². The summed E-state index contributed by atoms with van der Waals surface area (Å²) in [6.07, 6.45) is 1.07. The Morgan fingerprint density at radius 2 is 1.24 bits per heavy atom. The number of benzene rings is 3. The first-order chi connectivity index (χ1) is 19.8. The van der Waals surface area contributed by atoms with E-state index in [0.29, 0.717) is 32.5 Å². The van der Waals surface area contributed by atoms with Gasteiger partial charge in [-0.2, -0.15) is 0 Å². The lowest BCUT2D eigenvalue weighted by Crippen LogP contribution is -2.51. The Kier molecular flexibility index (Phi) is 8.27. The number of likely N-dealkylation sites (tertiary alicyclic amines) is 1. The monoisotopic (exact) mass is 553 g/mol. The highest BCUT2D eigenvalue weighted by atomic mass is 16.4. The Bertz CT molecular complexity index is 1260. The highest BCUT2D eigenvalue weighted by Gasteiger charge is 2.57. The predicted octanol–water partition coefficient (Wildman–Crippen LogP) is 4.47. The van der Waals surface area contributed by atoms with Gasteiger partial charge in [0, 0.05) is 32.6 Å². The number of rotatable bonds is 9. The Hall–Kier alpha value is -3.97. The van der Waals surface area contributed by atoms with E-state index in [0.717, 1.165) is 16.7 Å². The highest BCUT2D eigenvalue weighted by Crippen LogP contribution is 2.48. The third-order valence-corrected chi connectivity index (χ3v) is 8.71. The van der Waals surface area contributed by atoms with Gasteiger partial charge in [-0.1, -0.05) is 105 Å². The minimum absolute atomic E-state index is 0.0852. The summed E-state index contributed by atoms with van der Waals surface area (Å²) in [5.41, 5.74) is 2.71. The van der Waals surface area contributed by atoms with Gasteiger partial charge in [-0.25, -0.2) is 4.79 Å². The van der Waals surface area contributed by atoms with Gasteiger partial charge in [0.25, 0.3) is 0 Å². The van der Waals surface area contributed by atoms with Crippen molar-refractivity contribution in [2.45, 2.75) is 44.3 Å². The van der Waals surface area contributed by atoms with Gasteiger partial charge in [-0.15, -0.1) is 0 Å². The van der Waals surface area contributed by atoms with Crippen LogP contribution < -0.4 is 0 Å². The molecule has 2 aliphatic heterocycles. The first-order valence-corrected chi connectivity index (χ1v) is 14.5. The topological polar surface area (TPSA) is 80.9 Å². The fourth-order valence-corrected chi connectivity index (χ4v) is 6.64. The number of aliphatic carboxylic acids is 1. The van der Waals surface area contributed by atoms with Gasteiger partial charge in [-0.3, -0.25) is 14.5 Å². The zero-order valence-electron chi connectivity index (χ0n) is 24.0. The van der Waals surface area contributed by atoms with Crippen LogP contribution in [0, 0.1) is 11.8 Å². The van der Waals surface area contributed by atoms with E-state index in [1.165, 1.54) is 4.90 Å². The van der Waals surface area contributed by atoms with Crippen LogP contribution in [-0.2, 0) is 19.9 Å². The van der Waals surface area contributed by atoms with E-state index in [2.05, 4.69) is 41.3 Å². The molecule has 3 aromatic rings. The average Bonchev–Trinajstić information content (AvgIpc) is 3.79. The first-order valence-electron chi connectivity index (χ1n) is 14.5. The number of hydrogen-bond donors (Lipinski definition) is 1. The molecule has 2 heterocycles. The van der Waals surface area contributed by atoms with E-state index in [1.54, 1.807) is 7.05 Å². The summed E-state index contributed by atoms with van der Waals surface area (Å²) in [4.78, 5) is 44.4. The molecule has 7 heteroatoms. The maximum absolute atomic E-state index is 13.9. The first kappa shape index (κ1) is 28.6. The maximum atomic E-state index is 13.9. The molecule has 3 atom stereocenters. The maximum Gasteiger partial charge on any atom is 0.326 e. The fourth-order valence-electron chi connectivity index (χ4n) is 6.64. The molecule has 1 N–H and O–H groups in total. The average molecular weight is 554 g/mol. The van der Waals surface area contributed by atoms with Crippen molar-refractivity contribution in [3.05, 3.63) is 108 Å². The minimum atomic E-state index is -0.990. The Balaban J connectivity index is 1.36. The van der Waals surface area contributed by atoms with Gasteiger partial charge in [0.1, 0.15) is 12.1 Å². The summed E-state index contributed by atoms with van der Waals surface area (Å²) in [6.45, 7) is 5.23. The SMILES string of the molecule is CC(C)C(C(=O)O)N(C)C(=O)C1CCN(C(=O)C2C[N@]2C(c2ccccc2)(c2ccccc2)c2ccccc2)CC1. The van der Waals surface area contributed by atoms with Crippen LogP contribution in [0.25, 0.3) is 0 Å². The lowest BCUT2D eigenvalue weighted by molar-refractivity contribution is -0.153. The highest BCUT2D eigenvalue weighted by molar-refractivity contribution is 5.87. The number of nitrogens with zero attached hydrogens (tertiary/aromatic N) is 3. The molecular formula is C34H39N3O4. The Morgan fingerprint density at radius 1 is 0.805 bits per heavy atom. The van der Waals surface area contributed by atoms with Crippen molar-refractivity contribution >= 4 is 17.8 Å². The second kappa shape index (κ2) is 11.9. The molecule has 0 radical (unpaired) electrons. The van der Waals surface area contributed by atoms with E-state index in [4.69, 9.17) is 0 Å². The zero-order chi connectivity index (χ0) is 29.1. The lowest BCUT2D eigenvalue weighted by atomic mass is 9.76. The molecule has 7 nitrogen and oxygen atoms in total. The van der Waals surface area contributed by atoms with Crippen molar-refractivity contribution in [2.75, 3.05) is 26.7 Å².